The van der Waals surface area contributed by atoms with Crippen LogP contribution in [0.25, 0.3) is 0 Å². The minimum absolute atomic E-state index is 0.0559. The summed E-state index contributed by atoms with van der Waals surface area (Å²) in [7, 11) is -4.22. The van der Waals surface area contributed by atoms with Gasteiger partial charge in [-0.2, -0.15) is 0 Å². The van der Waals surface area contributed by atoms with Gasteiger partial charge in [-0.15, -0.1) is 0 Å². The molecule has 2 atom stereocenters. The molecule has 4 N–H and O–H groups in total. The van der Waals surface area contributed by atoms with E-state index < -0.39 is 37.3 Å². The van der Waals surface area contributed by atoms with E-state index in [0.717, 1.165) is 0 Å². The van der Waals surface area contributed by atoms with Crippen LogP contribution in [0.1, 0.15) is 11.6 Å². The molecule has 10 heteroatoms. The topological polar surface area (TPSA) is 136 Å². The Balaban J connectivity index is 2.26. The number of aromatic nitrogens is 2. The quantitative estimate of drug-likeness (QED) is 0.484. The van der Waals surface area contributed by atoms with Gasteiger partial charge in [0.25, 0.3) is 5.56 Å². The van der Waals surface area contributed by atoms with E-state index in [4.69, 9.17) is 9.79 Å². The van der Waals surface area contributed by atoms with Crippen molar-refractivity contribution in [3.8, 4) is 0 Å². The van der Waals surface area contributed by atoms with E-state index in [1.54, 1.807) is 0 Å². The van der Waals surface area contributed by atoms with Crippen LogP contribution in [0.15, 0.2) is 15.8 Å². The molecule has 20 heavy (non-hydrogen) atoms. The fourth-order valence-electron chi connectivity index (χ4n) is 2.33. The summed E-state index contributed by atoms with van der Waals surface area (Å²) in [5, 5.41) is 9.95. The third-order valence-corrected chi connectivity index (χ3v) is 3.99. The van der Waals surface area contributed by atoms with E-state index in [1.165, 1.54) is 22.6 Å². The van der Waals surface area contributed by atoms with Crippen LogP contribution in [0.5, 0.6) is 0 Å². The summed E-state index contributed by atoms with van der Waals surface area (Å²) in [6, 6.07) is -0.649. The van der Waals surface area contributed by atoms with Gasteiger partial charge in [-0.05, 0) is 6.92 Å². The van der Waals surface area contributed by atoms with E-state index in [0.29, 0.717) is 5.56 Å². The molecule has 1 aliphatic heterocycles. The summed E-state index contributed by atoms with van der Waals surface area (Å²) in [5.74, 6) is 0. The summed E-state index contributed by atoms with van der Waals surface area (Å²) < 4.78 is 12.2. The zero-order valence-electron chi connectivity index (χ0n) is 10.8. The number of aryl methyl sites for hydroxylation is 1. The second kappa shape index (κ2) is 5.27. The Morgan fingerprint density at radius 1 is 1.40 bits per heavy atom. The number of aliphatic hydroxyl groups excluding tert-OH is 1. The minimum Gasteiger partial charge on any atom is -0.390 e. The van der Waals surface area contributed by atoms with Crippen LogP contribution in [0, 0.1) is 6.92 Å². The van der Waals surface area contributed by atoms with Crippen LogP contribution in [0.2, 0.25) is 0 Å². The van der Waals surface area contributed by atoms with Gasteiger partial charge in [0, 0.05) is 24.8 Å². The summed E-state index contributed by atoms with van der Waals surface area (Å²) in [6.07, 6.45) is -0.0715. The van der Waals surface area contributed by atoms with Crippen LogP contribution in [-0.2, 0) is 4.57 Å². The summed E-state index contributed by atoms with van der Waals surface area (Å²) in [5.41, 5.74) is -0.821. The molecule has 0 spiro atoms. The molecule has 2 heterocycles. The van der Waals surface area contributed by atoms with Gasteiger partial charge in [-0.1, -0.05) is 0 Å². The molecule has 9 nitrogen and oxygen atoms in total. The lowest BCUT2D eigenvalue weighted by Crippen LogP contribution is -2.37. The fraction of sp³-hybridized carbons (Fsp3) is 0.600. The number of β-amino-alcohol motifs (C(OH)–C–C–N with tert-alkyl or cyclic N) is 1. The van der Waals surface area contributed by atoms with Gasteiger partial charge in [-0.3, -0.25) is 23.8 Å². The molecule has 1 saturated heterocycles. The molecule has 0 radical (unpaired) electrons. The third-order valence-electron chi connectivity index (χ3n) is 3.22. The van der Waals surface area contributed by atoms with Crippen LogP contribution in [0.4, 0.5) is 0 Å². The van der Waals surface area contributed by atoms with E-state index in [2.05, 4.69) is 4.98 Å². The average molecular weight is 305 g/mol. The number of likely N-dealkylation sites (tertiary alicyclic amines) is 1. The van der Waals surface area contributed by atoms with Crippen molar-refractivity contribution in [2.24, 2.45) is 0 Å². The van der Waals surface area contributed by atoms with Crippen molar-refractivity contribution in [2.45, 2.75) is 19.1 Å². The molecule has 0 saturated carbocycles. The van der Waals surface area contributed by atoms with Crippen molar-refractivity contribution in [1.29, 1.82) is 0 Å². The standard InChI is InChI=1S/C10H16N3O6P/c1-6-2-13(10(16)11-9(6)15)7-3-12(4-8(7)14)5-20(17,18)19/h2,7-8,14H,3-5H2,1H3,(H,11,15,16)(H2,17,18,19)/t7-,8-/m1/s1. The monoisotopic (exact) mass is 305 g/mol. The molecule has 1 aliphatic rings. The Hall–Kier alpha value is -1.25. The highest BCUT2D eigenvalue weighted by Gasteiger charge is 2.36. The van der Waals surface area contributed by atoms with E-state index in [-0.39, 0.29) is 13.1 Å². The maximum Gasteiger partial charge on any atom is 0.339 e. The van der Waals surface area contributed by atoms with Gasteiger partial charge in [0.1, 0.15) is 6.29 Å². The number of hydrogen-bond acceptors (Lipinski definition) is 5. The normalized spacial score (nSPS) is 24.2. The van der Waals surface area contributed by atoms with Gasteiger partial charge in [0.15, 0.2) is 0 Å². The van der Waals surface area contributed by atoms with Gasteiger partial charge in [0.2, 0.25) is 0 Å². The number of hydrogen-bond donors (Lipinski definition) is 4. The third kappa shape index (κ3) is 3.25. The SMILES string of the molecule is Cc1cn([C@@H]2CN(CP(=O)(O)O)C[C@H]2O)c(=O)[nH]c1=O. The van der Waals surface area contributed by atoms with Crippen molar-refractivity contribution >= 4 is 7.60 Å². The Bertz CT molecular complexity index is 662. The number of nitrogens with one attached hydrogen (secondary N) is 1. The molecule has 0 bridgehead atoms. The molecule has 0 aliphatic carbocycles. The number of aliphatic hydroxyl groups is 1. The zero-order chi connectivity index (χ0) is 15.1. The summed E-state index contributed by atoms with van der Waals surface area (Å²) in [6.45, 7) is 1.71. The molecule has 0 unspecified atom stereocenters. The zero-order valence-corrected chi connectivity index (χ0v) is 11.7. The van der Waals surface area contributed by atoms with Crippen molar-refractivity contribution in [2.75, 3.05) is 19.4 Å². The van der Waals surface area contributed by atoms with Crippen LogP contribution < -0.4 is 11.2 Å². The van der Waals surface area contributed by atoms with E-state index in [9.17, 15) is 19.3 Å². The summed E-state index contributed by atoms with van der Waals surface area (Å²) in [4.78, 5) is 44.4. The fourth-order valence-corrected chi connectivity index (χ4v) is 3.08. The highest BCUT2D eigenvalue weighted by molar-refractivity contribution is 7.51. The molecule has 112 valence electrons. The number of nitrogens with zero attached hydrogens (tertiary/aromatic N) is 2. The highest BCUT2D eigenvalue weighted by atomic mass is 31.2. The molecule has 1 fully saturated rings. The number of aromatic amines is 1. The molecule has 1 aromatic rings. The molecular formula is C10H16N3O6P. The molecule has 0 amide bonds. The first-order valence-corrected chi connectivity index (χ1v) is 7.74. The lowest BCUT2D eigenvalue weighted by atomic mass is 10.2. The van der Waals surface area contributed by atoms with Crippen molar-refractivity contribution < 1.29 is 19.5 Å². The molecular weight excluding hydrogens is 289 g/mol. The maximum atomic E-state index is 11.7. The van der Waals surface area contributed by atoms with Crippen molar-refractivity contribution in [3.05, 3.63) is 32.6 Å². The smallest absolute Gasteiger partial charge is 0.339 e. The predicted octanol–water partition coefficient (Wildman–Crippen LogP) is -1.80. The van der Waals surface area contributed by atoms with Crippen molar-refractivity contribution in [3.63, 3.8) is 0 Å². The van der Waals surface area contributed by atoms with Crippen LogP contribution in [-0.4, -0.2) is 54.8 Å². The summed E-state index contributed by atoms with van der Waals surface area (Å²) >= 11 is 0. The first kappa shape index (κ1) is 15.1. The Morgan fingerprint density at radius 2 is 2.05 bits per heavy atom. The molecule has 2 rings (SSSR count). The van der Waals surface area contributed by atoms with Crippen LogP contribution in [0.3, 0.4) is 0 Å². The van der Waals surface area contributed by atoms with E-state index >= 15 is 0 Å². The lowest BCUT2D eigenvalue weighted by Gasteiger charge is -2.17. The van der Waals surface area contributed by atoms with Gasteiger partial charge in [0.05, 0.1) is 12.1 Å². The van der Waals surface area contributed by atoms with E-state index in [1.807, 2.05) is 0 Å². The first-order valence-electron chi connectivity index (χ1n) is 5.94. The first-order chi connectivity index (χ1) is 9.17. The van der Waals surface area contributed by atoms with Gasteiger partial charge >= 0.3 is 13.3 Å². The Morgan fingerprint density at radius 3 is 2.65 bits per heavy atom. The lowest BCUT2D eigenvalue weighted by molar-refractivity contribution is 0.143. The molecule has 1 aromatic heterocycles. The van der Waals surface area contributed by atoms with Gasteiger partial charge < -0.3 is 14.9 Å². The largest absolute Gasteiger partial charge is 0.390 e. The maximum absolute atomic E-state index is 11.7. The highest BCUT2D eigenvalue weighted by Crippen LogP contribution is 2.37. The Kier molecular flexibility index (Phi) is 3.99. The Labute approximate surface area is 113 Å². The second-order valence-electron chi connectivity index (χ2n) is 4.96. The predicted molar refractivity (Wildman–Crippen MR) is 69.6 cm³/mol. The van der Waals surface area contributed by atoms with Gasteiger partial charge in [-0.25, -0.2) is 4.79 Å². The minimum atomic E-state index is -4.22. The van der Waals surface area contributed by atoms with Crippen LogP contribution >= 0.6 is 7.60 Å². The van der Waals surface area contributed by atoms with Crippen molar-refractivity contribution in [1.82, 2.24) is 14.5 Å². The molecule has 0 aromatic carbocycles. The number of H-pyrrole nitrogens is 1. The number of rotatable bonds is 3. The average Bonchev–Trinajstić information content (AvgIpc) is 2.62. The second-order valence-corrected chi connectivity index (χ2v) is 6.57.